The lowest BCUT2D eigenvalue weighted by molar-refractivity contribution is 0.102. The van der Waals surface area contributed by atoms with E-state index in [0.29, 0.717) is 12.3 Å². The fourth-order valence-electron chi connectivity index (χ4n) is 0.899. The largest absolute Gasteiger partial charge is 0.563 e. The van der Waals surface area contributed by atoms with Crippen LogP contribution >= 0.6 is 7.82 Å². The normalized spacial score (nSPS) is 14.4. The molecule has 0 saturated heterocycles. The third-order valence-electron chi connectivity index (χ3n) is 1.62. The summed E-state index contributed by atoms with van der Waals surface area (Å²) in [5, 5.41) is 0. The molecule has 16 heavy (non-hydrogen) atoms. The van der Waals surface area contributed by atoms with Gasteiger partial charge < -0.3 is 4.52 Å². The first-order valence-corrected chi connectivity index (χ1v) is 6.31. The summed E-state index contributed by atoms with van der Waals surface area (Å²) in [6, 6.07) is 8.51. The molecule has 0 aliphatic carbocycles. The summed E-state index contributed by atoms with van der Waals surface area (Å²) in [6.45, 7) is 2.45. The van der Waals surface area contributed by atoms with Crippen molar-refractivity contribution in [2.24, 2.45) is 5.90 Å². The molecule has 1 atom stereocenters. The Hall–Kier alpha value is -0.910. The van der Waals surface area contributed by atoms with Crippen LogP contribution < -0.4 is 15.9 Å². The molecule has 0 aromatic heterocycles. The van der Waals surface area contributed by atoms with Crippen LogP contribution in [0.4, 0.5) is 0 Å². The molecule has 0 bridgehead atoms. The molecule has 0 saturated carbocycles. The Morgan fingerprint density at radius 2 is 2.06 bits per heavy atom. The lowest BCUT2D eigenvalue weighted by Crippen LogP contribution is -2.18. The second kappa shape index (κ2) is 6.62. The maximum absolute atomic E-state index is 11.8. The maximum Gasteiger partial charge on any atom is 0.563 e. The van der Waals surface area contributed by atoms with Crippen LogP contribution in [0, 0.1) is 0 Å². The molecule has 0 spiro atoms. The van der Waals surface area contributed by atoms with Crippen molar-refractivity contribution in [1.29, 1.82) is 0 Å². The molecule has 6 nitrogen and oxygen atoms in total. The average Bonchev–Trinajstić information content (AvgIpc) is 2.31. The Kier molecular flexibility index (Phi) is 5.45. The molecule has 1 aromatic carbocycles. The van der Waals surface area contributed by atoms with E-state index in [1.54, 1.807) is 30.3 Å². The lowest BCUT2D eigenvalue weighted by Gasteiger charge is -2.15. The van der Waals surface area contributed by atoms with E-state index in [0.717, 1.165) is 6.42 Å². The SMILES string of the molecule is CCCNOP(=O)(ON)Oc1ccccc1. The van der Waals surface area contributed by atoms with E-state index >= 15 is 0 Å². The van der Waals surface area contributed by atoms with Gasteiger partial charge in [0.2, 0.25) is 0 Å². The molecule has 1 rings (SSSR count). The van der Waals surface area contributed by atoms with Crippen LogP contribution in [0.15, 0.2) is 30.3 Å². The summed E-state index contributed by atoms with van der Waals surface area (Å²) >= 11 is 0. The molecule has 1 aromatic rings. The van der Waals surface area contributed by atoms with Crippen LogP contribution in [-0.4, -0.2) is 6.54 Å². The van der Waals surface area contributed by atoms with Crippen molar-refractivity contribution >= 4 is 7.82 Å². The van der Waals surface area contributed by atoms with Gasteiger partial charge in [0.05, 0.1) is 0 Å². The van der Waals surface area contributed by atoms with Crippen molar-refractivity contribution in [2.45, 2.75) is 13.3 Å². The van der Waals surface area contributed by atoms with Gasteiger partial charge in [0.25, 0.3) is 0 Å². The first-order chi connectivity index (χ1) is 7.70. The minimum absolute atomic E-state index is 0.356. The zero-order chi connectivity index (χ0) is 11.9. The number of phosphoric acid groups is 1. The third kappa shape index (κ3) is 4.30. The highest BCUT2D eigenvalue weighted by Gasteiger charge is 2.28. The summed E-state index contributed by atoms with van der Waals surface area (Å²) in [7, 11) is -3.79. The van der Waals surface area contributed by atoms with Crippen molar-refractivity contribution in [3.63, 3.8) is 0 Å². The quantitative estimate of drug-likeness (QED) is 0.435. The minimum Gasteiger partial charge on any atom is -0.402 e. The molecule has 0 amide bonds. The molecule has 0 aliphatic heterocycles. The lowest BCUT2D eigenvalue weighted by atomic mass is 10.3. The van der Waals surface area contributed by atoms with Crippen molar-refractivity contribution in [3.8, 4) is 5.75 Å². The highest BCUT2D eigenvalue weighted by molar-refractivity contribution is 7.48. The average molecular weight is 246 g/mol. The number of hydroxylamine groups is 1. The van der Waals surface area contributed by atoms with Gasteiger partial charge in [-0.05, 0) is 18.6 Å². The van der Waals surface area contributed by atoms with Crippen LogP contribution in [0.1, 0.15) is 13.3 Å². The minimum atomic E-state index is -3.79. The molecule has 0 radical (unpaired) electrons. The summed E-state index contributed by atoms with van der Waals surface area (Å²) < 4.78 is 25.8. The number of hydrogen-bond donors (Lipinski definition) is 2. The van der Waals surface area contributed by atoms with Crippen LogP contribution in [0.3, 0.4) is 0 Å². The number of hydrogen-bond acceptors (Lipinski definition) is 6. The Bertz CT molecular complexity index is 347. The zero-order valence-electron chi connectivity index (χ0n) is 8.96. The highest BCUT2D eigenvalue weighted by atomic mass is 31.2. The standard InChI is InChI=1S/C9H15N2O4P/c1-2-8-11-15-16(12,14-10)13-9-6-4-3-5-7-9/h3-7,11H,2,8,10H2,1H3. The Labute approximate surface area is 94.2 Å². The fourth-order valence-corrected chi connectivity index (χ4v) is 1.65. The van der Waals surface area contributed by atoms with Gasteiger partial charge in [-0.1, -0.05) is 25.1 Å². The molecule has 7 heteroatoms. The van der Waals surface area contributed by atoms with Crippen molar-refractivity contribution in [1.82, 2.24) is 5.48 Å². The van der Waals surface area contributed by atoms with E-state index in [1.807, 2.05) is 6.92 Å². The van der Waals surface area contributed by atoms with Crippen LogP contribution in [0.5, 0.6) is 5.75 Å². The highest BCUT2D eigenvalue weighted by Crippen LogP contribution is 2.46. The Morgan fingerprint density at radius 1 is 1.38 bits per heavy atom. The van der Waals surface area contributed by atoms with Gasteiger partial charge in [-0.2, -0.15) is 14.7 Å². The maximum atomic E-state index is 11.8. The van der Waals surface area contributed by atoms with Gasteiger partial charge in [-0.3, -0.25) is 0 Å². The molecular weight excluding hydrogens is 231 g/mol. The van der Waals surface area contributed by atoms with Gasteiger partial charge in [0.1, 0.15) is 5.75 Å². The first kappa shape index (κ1) is 13.2. The summed E-state index contributed by atoms with van der Waals surface area (Å²) in [6.07, 6.45) is 0.815. The third-order valence-corrected chi connectivity index (χ3v) is 2.66. The summed E-state index contributed by atoms with van der Waals surface area (Å²) in [4.78, 5) is 0. The van der Waals surface area contributed by atoms with E-state index in [-0.39, 0.29) is 0 Å². The molecule has 1 unspecified atom stereocenters. The fraction of sp³-hybridized carbons (Fsp3) is 0.333. The van der Waals surface area contributed by atoms with Crippen LogP contribution in [-0.2, 0) is 13.8 Å². The van der Waals surface area contributed by atoms with Gasteiger partial charge >= 0.3 is 7.82 Å². The molecular formula is C9H15N2O4P. The first-order valence-electron chi connectivity index (χ1n) is 4.85. The van der Waals surface area contributed by atoms with Gasteiger partial charge in [-0.25, -0.2) is 10.5 Å². The van der Waals surface area contributed by atoms with Crippen molar-refractivity contribution < 1.29 is 18.3 Å². The number of rotatable bonds is 7. The van der Waals surface area contributed by atoms with Crippen molar-refractivity contribution in [3.05, 3.63) is 30.3 Å². The predicted molar refractivity (Wildman–Crippen MR) is 59.3 cm³/mol. The van der Waals surface area contributed by atoms with E-state index in [4.69, 9.17) is 15.0 Å². The Balaban J connectivity index is 2.56. The van der Waals surface area contributed by atoms with Gasteiger partial charge in [-0.15, -0.1) is 0 Å². The van der Waals surface area contributed by atoms with Crippen molar-refractivity contribution in [2.75, 3.05) is 6.54 Å². The monoisotopic (exact) mass is 246 g/mol. The number of nitrogens with one attached hydrogen (secondary N) is 1. The number of para-hydroxylation sites is 1. The second-order valence-electron chi connectivity index (χ2n) is 2.94. The number of benzene rings is 1. The molecule has 0 aliphatic rings. The van der Waals surface area contributed by atoms with Gasteiger partial charge in [0.15, 0.2) is 0 Å². The van der Waals surface area contributed by atoms with E-state index in [2.05, 4.69) is 10.1 Å². The van der Waals surface area contributed by atoms with Gasteiger partial charge in [0, 0.05) is 6.54 Å². The summed E-state index contributed by atoms with van der Waals surface area (Å²) in [5.41, 5.74) is 2.45. The Morgan fingerprint density at radius 3 is 2.62 bits per heavy atom. The predicted octanol–water partition coefficient (Wildman–Crippen LogP) is 1.99. The molecule has 0 heterocycles. The molecule has 0 fully saturated rings. The topological polar surface area (TPSA) is 82.8 Å². The molecule has 90 valence electrons. The smallest absolute Gasteiger partial charge is 0.402 e. The van der Waals surface area contributed by atoms with Crippen LogP contribution in [0.25, 0.3) is 0 Å². The van der Waals surface area contributed by atoms with E-state index in [1.165, 1.54) is 0 Å². The van der Waals surface area contributed by atoms with Crippen LogP contribution in [0.2, 0.25) is 0 Å². The zero-order valence-corrected chi connectivity index (χ0v) is 9.85. The summed E-state index contributed by atoms with van der Waals surface area (Å²) in [5.74, 6) is 5.24. The van der Waals surface area contributed by atoms with E-state index in [9.17, 15) is 4.57 Å². The molecule has 3 N–H and O–H groups in total. The number of nitrogens with two attached hydrogens (primary N) is 1. The second-order valence-corrected chi connectivity index (χ2v) is 4.41. The van der Waals surface area contributed by atoms with E-state index < -0.39 is 7.82 Å².